The molecule has 1 fully saturated rings. The van der Waals surface area contributed by atoms with Gasteiger partial charge in [0.1, 0.15) is 0 Å². The van der Waals surface area contributed by atoms with E-state index in [9.17, 15) is 0 Å². The second-order valence-electron chi connectivity index (χ2n) is 1.46. The number of hydrogen-bond donors (Lipinski definition) is 0. The fourth-order valence-electron chi connectivity index (χ4n) is 0.0730. The minimum absolute atomic E-state index is 1.15. The standard InChI is InChI=1S/C2H7AsOS/c1-3(2)4-5-3/h5H,1-2H3/q+1. The van der Waals surface area contributed by atoms with Crippen molar-refractivity contribution in [2.45, 2.75) is 11.4 Å². The van der Waals surface area contributed by atoms with Crippen molar-refractivity contribution in [1.82, 2.24) is 0 Å². The van der Waals surface area contributed by atoms with E-state index in [2.05, 4.69) is 11.4 Å². The first-order valence-electron chi connectivity index (χ1n) is 1.46. The summed E-state index contributed by atoms with van der Waals surface area (Å²) in [6, 6.07) is 0. The second kappa shape index (κ2) is 0.926. The molecule has 0 atom stereocenters. The molecule has 0 spiro atoms. The first kappa shape index (κ1) is 4.04. The van der Waals surface area contributed by atoms with Gasteiger partial charge in [0, 0.05) is 0 Å². The van der Waals surface area contributed by atoms with Crippen molar-refractivity contribution < 1.29 is 3.17 Å². The molecule has 1 aliphatic rings. The summed E-state index contributed by atoms with van der Waals surface area (Å²) in [5.41, 5.74) is 4.47. The van der Waals surface area contributed by atoms with Gasteiger partial charge in [0.2, 0.25) is 0 Å². The molecule has 1 nitrogen and oxygen atoms in total. The zero-order chi connectivity index (χ0) is 3.91. The fourth-order valence-corrected chi connectivity index (χ4v) is 5.92. The van der Waals surface area contributed by atoms with Crippen molar-refractivity contribution >= 4 is 23.0 Å². The van der Waals surface area contributed by atoms with E-state index in [1.165, 1.54) is 10.3 Å². The van der Waals surface area contributed by atoms with Crippen molar-refractivity contribution in [3.8, 4) is 0 Å². The average Bonchev–Trinajstić information content (AvgIpc) is 1.76. The summed E-state index contributed by atoms with van der Waals surface area (Å²) in [7, 11) is 1.31. The summed E-state index contributed by atoms with van der Waals surface area (Å²) in [6.45, 7) is 0. The van der Waals surface area contributed by atoms with Gasteiger partial charge < -0.3 is 0 Å². The Kier molecular flexibility index (Phi) is 0.748. The third kappa shape index (κ3) is 1.16. The van der Waals surface area contributed by atoms with Crippen LogP contribution in [0.15, 0.2) is 0 Å². The quantitative estimate of drug-likeness (QED) is 0.213. The Morgan fingerprint density at radius 2 is 1.80 bits per heavy atom. The first-order valence-corrected chi connectivity index (χ1v) is 9.26. The zero-order valence-electron chi connectivity index (χ0n) is 3.30. The fraction of sp³-hybridized carbons (Fsp3) is 1.00. The Morgan fingerprint density at radius 3 is 1.80 bits per heavy atom. The summed E-state index contributed by atoms with van der Waals surface area (Å²) in [4.78, 5) is 0. The summed E-state index contributed by atoms with van der Waals surface area (Å²) in [5.74, 6) is 0. The SMILES string of the molecule is C[As]1(C)O[SH+]1. The molecule has 0 bridgehead atoms. The van der Waals surface area contributed by atoms with Crippen LogP contribution in [0, 0.1) is 0 Å². The molecule has 1 heterocycles. The Bertz CT molecular complexity index is 47.6. The van der Waals surface area contributed by atoms with E-state index in [0.29, 0.717) is 0 Å². The Morgan fingerprint density at radius 1 is 1.60 bits per heavy atom. The van der Waals surface area contributed by atoms with Gasteiger partial charge in [0.25, 0.3) is 0 Å². The van der Waals surface area contributed by atoms with Gasteiger partial charge >= 0.3 is 37.6 Å². The van der Waals surface area contributed by atoms with E-state index >= 15 is 0 Å². The summed E-state index contributed by atoms with van der Waals surface area (Å²) in [5, 5.41) is 0. The van der Waals surface area contributed by atoms with E-state index in [4.69, 9.17) is 3.17 Å². The van der Waals surface area contributed by atoms with Crippen LogP contribution >= 0.6 is 0 Å². The summed E-state index contributed by atoms with van der Waals surface area (Å²) < 4.78 is 5.04. The van der Waals surface area contributed by atoms with Crippen LogP contribution in [0.1, 0.15) is 0 Å². The predicted octanol–water partition coefficient (Wildman–Crippen LogP) is 0.448. The van der Waals surface area contributed by atoms with E-state index in [1.54, 1.807) is 0 Å². The summed E-state index contributed by atoms with van der Waals surface area (Å²) >= 11 is -1.15. The van der Waals surface area contributed by atoms with Crippen molar-refractivity contribution in [2.24, 2.45) is 0 Å². The molecule has 0 unspecified atom stereocenters. The van der Waals surface area contributed by atoms with Crippen molar-refractivity contribution in [2.75, 3.05) is 0 Å². The van der Waals surface area contributed by atoms with E-state index in [1.807, 2.05) is 0 Å². The maximum absolute atomic E-state index is 5.04. The van der Waals surface area contributed by atoms with Crippen LogP contribution in [0.25, 0.3) is 0 Å². The molecule has 0 aromatic rings. The molecule has 0 N–H and O–H groups in total. The van der Waals surface area contributed by atoms with Gasteiger partial charge in [-0.3, -0.25) is 0 Å². The Labute approximate surface area is 38.1 Å². The molecular weight excluding hydrogens is 147 g/mol. The number of rotatable bonds is 0. The molecule has 1 radical (unpaired) electrons. The van der Waals surface area contributed by atoms with Crippen LogP contribution in [-0.2, 0) is 13.5 Å². The molecule has 3 heteroatoms. The molecule has 0 amide bonds. The number of thiol groups is 1. The van der Waals surface area contributed by atoms with Gasteiger partial charge in [-0.05, 0) is 0 Å². The van der Waals surface area contributed by atoms with Gasteiger partial charge in [-0.25, -0.2) is 0 Å². The molecule has 31 valence electrons. The van der Waals surface area contributed by atoms with Crippen molar-refractivity contribution in [3.63, 3.8) is 0 Å². The number of hydrogen-bond acceptors (Lipinski definition) is 1. The van der Waals surface area contributed by atoms with E-state index in [0.717, 1.165) is 0 Å². The Balaban J connectivity index is 2.38. The zero-order valence-corrected chi connectivity index (χ0v) is 6.07. The minimum atomic E-state index is -1.15. The van der Waals surface area contributed by atoms with Gasteiger partial charge in [0.15, 0.2) is 0 Å². The normalized spacial score (nSPS) is 30.0. The first-order chi connectivity index (χ1) is 2.21. The molecule has 5 heavy (non-hydrogen) atoms. The van der Waals surface area contributed by atoms with Crippen molar-refractivity contribution in [3.05, 3.63) is 0 Å². The maximum atomic E-state index is 5.04. The van der Waals surface area contributed by atoms with Gasteiger partial charge in [0.05, 0.1) is 0 Å². The summed E-state index contributed by atoms with van der Waals surface area (Å²) in [6.07, 6.45) is 0. The molecule has 1 rings (SSSR count). The van der Waals surface area contributed by atoms with Crippen LogP contribution in [0.2, 0.25) is 11.4 Å². The third-order valence-corrected chi connectivity index (χ3v) is 6.36. The topological polar surface area (TPSA) is 12.5 Å². The molecule has 0 aromatic carbocycles. The van der Waals surface area contributed by atoms with E-state index < -0.39 is 12.7 Å². The van der Waals surface area contributed by atoms with Gasteiger partial charge in [-0.15, -0.1) is 0 Å². The van der Waals surface area contributed by atoms with Gasteiger partial charge in [-0.1, -0.05) is 0 Å². The second-order valence-corrected chi connectivity index (χ2v) is 14.3. The molecular formula is C2H7AsOS+. The van der Waals surface area contributed by atoms with Gasteiger partial charge in [-0.2, -0.15) is 0 Å². The molecule has 1 aliphatic heterocycles. The van der Waals surface area contributed by atoms with Crippen LogP contribution in [0.3, 0.4) is 0 Å². The van der Waals surface area contributed by atoms with Crippen molar-refractivity contribution in [1.29, 1.82) is 0 Å². The van der Waals surface area contributed by atoms with Crippen LogP contribution in [0.5, 0.6) is 0 Å². The molecule has 1 saturated heterocycles. The Hall–Kier alpha value is 0.868. The average molecular weight is 154 g/mol. The molecule has 0 aliphatic carbocycles. The molecule has 0 aromatic heterocycles. The molecule has 0 saturated carbocycles. The monoisotopic (exact) mass is 154 g/mol. The third-order valence-electron chi connectivity index (χ3n) is 0.408. The van der Waals surface area contributed by atoms with Crippen LogP contribution in [0.4, 0.5) is 0 Å². The van der Waals surface area contributed by atoms with E-state index in [-0.39, 0.29) is 0 Å². The van der Waals surface area contributed by atoms with Crippen LogP contribution < -0.4 is 0 Å². The van der Waals surface area contributed by atoms with Crippen LogP contribution in [-0.4, -0.2) is 12.7 Å². The predicted molar refractivity (Wildman–Crippen MR) is 27.3 cm³/mol.